The molecule has 2 heterocycles. The van der Waals surface area contributed by atoms with E-state index in [0.29, 0.717) is 37.2 Å². The molecule has 2 aromatic carbocycles. The number of hydrogen-bond acceptors (Lipinski definition) is 5. The summed E-state index contributed by atoms with van der Waals surface area (Å²) in [5, 5.41) is 2.90. The lowest BCUT2D eigenvalue weighted by molar-refractivity contribution is 0.0913. The van der Waals surface area contributed by atoms with Gasteiger partial charge in [0.05, 0.1) is 6.54 Å². The van der Waals surface area contributed by atoms with Gasteiger partial charge < -0.3 is 19.2 Å². The van der Waals surface area contributed by atoms with E-state index in [1.165, 1.54) is 25.3 Å². The fraction of sp³-hybridized carbons (Fsp3) is 0.370. The number of nitrogens with one attached hydrogen (secondary N) is 1. The number of rotatable bonds is 8. The monoisotopic (exact) mass is 464 g/mol. The number of fused-ring (bicyclic) bond motifs is 1. The fourth-order valence-electron chi connectivity index (χ4n) is 4.74. The van der Waals surface area contributed by atoms with E-state index < -0.39 is 0 Å². The van der Waals surface area contributed by atoms with Crippen LogP contribution in [0.5, 0.6) is 11.5 Å². The molecular formula is C27H29FN2O4. The van der Waals surface area contributed by atoms with Gasteiger partial charge in [0.25, 0.3) is 5.91 Å². The molecule has 1 aliphatic heterocycles. The van der Waals surface area contributed by atoms with Crippen molar-refractivity contribution in [2.75, 3.05) is 6.79 Å². The van der Waals surface area contributed by atoms with Crippen molar-refractivity contribution < 1.29 is 23.1 Å². The Bertz CT molecular complexity index is 1140. The van der Waals surface area contributed by atoms with Crippen molar-refractivity contribution in [3.63, 3.8) is 0 Å². The van der Waals surface area contributed by atoms with Crippen LogP contribution in [0.1, 0.15) is 59.5 Å². The molecule has 0 unspecified atom stereocenters. The smallest absolute Gasteiger partial charge is 0.287 e. The first-order valence-electron chi connectivity index (χ1n) is 11.9. The summed E-state index contributed by atoms with van der Waals surface area (Å²) in [7, 11) is 0. The Morgan fingerprint density at radius 1 is 0.941 bits per heavy atom. The molecule has 1 amide bonds. The van der Waals surface area contributed by atoms with Crippen LogP contribution in [0.4, 0.5) is 4.39 Å². The summed E-state index contributed by atoms with van der Waals surface area (Å²) in [4.78, 5) is 15.0. The second-order valence-corrected chi connectivity index (χ2v) is 8.96. The van der Waals surface area contributed by atoms with E-state index in [4.69, 9.17) is 13.9 Å². The molecule has 34 heavy (non-hydrogen) atoms. The highest BCUT2D eigenvalue weighted by atomic mass is 19.1. The molecule has 6 nitrogen and oxygen atoms in total. The van der Waals surface area contributed by atoms with E-state index >= 15 is 0 Å². The highest BCUT2D eigenvalue weighted by molar-refractivity contribution is 5.91. The SMILES string of the molecule is O=C(NCc1ccc2c(c1)OCO2)c1ccc(CN(Cc2cccc(F)c2)C2CCCCC2)o1. The van der Waals surface area contributed by atoms with Gasteiger partial charge in [0.15, 0.2) is 17.3 Å². The number of halogens is 1. The molecule has 1 aromatic heterocycles. The van der Waals surface area contributed by atoms with E-state index in [1.807, 2.05) is 30.3 Å². The molecule has 1 N–H and O–H groups in total. The quantitative estimate of drug-likeness (QED) is 0.483. The summed E-state index contributed by atoms with van der Waals surface area (Å²) in [6.45, 7) is 1.81. The maximum absolute atomic E-state index is 13.7. The minimum atomic E-state index is -0.265. The standard InChI is InChI=1S/C27H29FN2O4/c28-21-6-4-5-20(13-21)16-30(22-7-2-1-3-8-22)17-23-10-12-25(34-23)27(31)29-15-19-9-11-24-26(14-19)33-18-32-24/h4-6,9-14,22H,1-3,7-8,15-18H2,(H,29,31). The number of furan rings is 1. The van der Waals surface area contributed by atoms with Gasteiger partial charge in [-0.05, 0) is 60.4 Å². The number of nitrogens with zero attached hydrogens (tertiary/aromatic N) is 1. The third kappa shape index (κ3) is 5.42. The summed E-state index contributed by atoms with van der Waals surface area (Å²) >= 11 is 0. The minimum absolute atomic E-state index is 0.220. The predicted octanol–water partition coefficient (Wildman–Crippen LogP) is 5.41. The lowest BCUT2D eigenvalue weighted by atomic mass is 9.93. The second kappa shape index (κ2) is 10.3. The molecule has 1 aliphatic carbocycles. The van der Waals surface area contributed by atoms with Gasteiger partial charge in [0.2, 0.25) is 6.79 Å². The summed E-state index contributed by atoms with van der Waals surface area (Å²) in [6.07, 6.45) is 5.92. The normalized spacial score (nSPS) is 15.6. The summed E-state index contributed by atoms with van der Waals surface area (Å²) in [6, 6.07) is 16.4. The van der Waals surface area contributed by atoms with Crippen LogP contribution >= 0.6 is 0 Å². The Morgan fingerprint density at radius 3 is 2.65 bits per heavy atom. The lowest BCUT2D eigenvalue weighted by Gasteiger charge is -2.34. The molecule has 0 atom stereocenters. The molecule has 178 valence electrons. The fourth-order valence-corrected chi connectivity index (χ4v) is 4.74. The highest BCUT2D eigenvalue weighted by Gasteiger charge is 2.23. The summed E-state index contributed by atoms with van der Waals surface area (Å²) in [5.41, 5.74) is 1.86. The number of benzene rings is 2. The van der Waals surface area contributed by atoms with Crippen molar-refractivity contribution in [3.05, 3.63) is 83.1 Å². The van der Waals surface area contributed by atoms with Crippen molar-refractivity contribution >= 4 is 5.91 Å². The van der Waals surface area contributed by atoms with Crippen molar-refractivity contribution in [3.8, 4) is 11.5 Å². The summed E-state index contributed by atoms with van der Waals surface area (Å²) in [5.74, 6) is 1.93. The molecule has 0 saturated heterocycles. The van der Waals surface area contributed by atoms with Crippen molar-refractivity contribution in [1.29, 1.82) is 0 Å². The Morgan fingerprint density at radius 2 is 1.79 bits per heavy atom. The number of carbonyl (C=O) groups is 1. The minimum Gasteiger partial charge on any atom is -0.455 e. The van der Waals surface area contributed by atoms with E-state index in [-0.39, 0.29) is 24.3 Å². The Balaban J connectivity index is 1.22. The zero-order valence-corrected chi connectivity index (χ0v) is 19.1. The van der Waals surface area contributed by atoms with Crippen molar-refractivity contribution in [1.82, 2.24) is 10.2 Å². The summed E-state index contributed by atoms with van der Waals surface area (Å²) < 4.78 is 30.4. The van der Waals surface area contributed by atoms with Crippen molar-refractivity contribution in [2.24, 2.45) is 0 Å². The third-order valence-corrected chi connectivity index (χ3v) is 6.50. The molecule has 0 radical (unpaired) electrons. The largest absolute Gasteiger partial charge is 0.455 e. The molecule has 0 bridgehead atoms. The Kier molecular flexibility index (Phi) is 6.81. The van der Waals surface area contributed by atoms with Crippen molar-refractivity contribution in [2.45, 2.75) is 57.8 Å². The average molecular weight is 465 g/mol. The molecular weight excluding hydrogens is 435 g/mol. The second-order valence-electron chi connectivity index (χ2n) is 8.96. The number of amides is 1. The first-order valence-corrected chi connectivity index (χ1v) is 11.9. The van der Waals surface area contributed by atoms with E-state index in [1.54, 1.807) is 18.2 Å². The van der Waals surface area contributed by atoms with E-state index in [0.717, 1.165) is 29.7 Å². The van der Waals surface area contributed by atoms with Gasteiger partial charge in [-0.2, -0.15) is 0 Å². The number of hydrogen-bond donors (Lipinski definition) is 1. The lowest BCUT2D eigenvalue weighted by Crippen LogP contribution is -2.35. The van der Waals surface area contributed by atoms with Crippen LogP contribution in [0.15, 0.2) is 59.0 Å². The van der Waals surface area contributed by atoms with E-state index in [9.17, 15) is 9.18 Å². The van der Waals surface area contributed by atoms with Gasteiger partial charge in [-0.15, -0.1) is 0 Å². The first kappa shape index (κ1) is 22.5. The van der Waals surface area contributed by atoms with Crippen LogP contribution in [0, 0.1) is 5.82 Å². The molecule has 5 rings (SSSR count). The Labute approximate surface area is 198 Å². The number of ether oxygens (including phenoxy) is 2. The van der Waals surface area contributed by atoms with Gasteiger partial charge in [0.1, 0.15) is 11.6 Å². The maximum atomic E-state index is 13.7. The molecule has 1 saturated carbocycles. The van der Waals surface area contributed by atoms with Gasteiger partial charge in [0, 0.05) is 19.1 Å². The van der Waals surface area contributed by atoms with Crippen LogP contribution in [-0.2, 0) is 19.6 Å². The van der Waals surface area contributed by atoms with Crippen LogP contribution in [0.3, 0.4) is 0 Å². The van der Waals surface area contributed by atoms with Crippen LogP contribution in [0.25, 0.3) is 0 Å². The first-order chi connectivity index (χ1) is 16.6. The molecule has 3 aromatic rings. The topological polar surface area (TPSA) is 63.9 Å². The third-order valence-electron chi connectivity index (χ3n) is 6.50. The zero-order chi connectivity index (χ0) is 23.3. The molecule has 1 fully saturated rings. The van der Waals surface area contributed by atoms with Crippen LogP contribution < -0.4 is 14.8 Å². The molecule has 7 heteroatoms. The molecule has 2 aliphatic rings. The number of carbonyl (C=O) groups excluding carboxylic acids is 1. The average Bonchev–Trinajstić information content (AvgIpc) is 3.52. The van der Waals surface area contributed by atoms with Gasteiger partial charge in [-0.3, -0.25) is 9.69 Å². The van der Waals surface area contributed by atoms with E-state index in [2.05, 4.69) is 10.2 Å². The predicted molar refractivity (Wildman–Crippen MR) is 125 cm³/mol. The van der Waals surface area contributed by atoms with Crippen LogP contribution in [0.2, 0.25) is 0 Å². The van der Waals surface area contributed by atoms with Gasteiger partial charge >= 0.3 is 0 Å². The van der Waals surface area contributed by atoms with Gasteiger partial charge in [-0.1, -0.05) is 37.5 Å². The zero-order valence-electron chi connectivity index (χ0n) is 19.1. The van der Waals surface area contributed by atoms with Crippen LogP contribution in [-0.4, -0.2) is 23.6 Å². The van der Waals surface area contributed by atoms with Gasteiger partial charge in [-0.25, -0.2) is 4.39 Å². The maximum Gasteiger partial charge on any atom is 0.287 e. The highest BCUT2D eigenvalue weighted by Crippen LogP contribution is 2.32. The Hall–Kier alpha value is -3.32. The molecule has 0 spiro atoms.